The van der Waals surface area contributed by atoms with E-state index in [0.717, 1.165) is 5.56 Å². The largest absolute Gasteiger partial charge is 0.443 e. The average Bonchev–Trinajstić information content (AvgIpc) is 2.69. The molecule has 1 fully saturated rings. The fourth-order valence-electron chi connectivity index (χ4n) is 2.44. The fourth-order valence-corrected chi connectivity index (χ4v) is 2.95. The first-order valence-corrected chi connectivity index (χ1v) is 7.61. The summed E-state index contributed by atoms with van der Waals surface area (Å²) < 4.78 is 5.45. The number of hydrogen-bond acceptors (Lipinski definition) is 3. The molecule has 3 atom stereocenters. The van der Waals surface area contributed by atoms with E-state index in [9.17, 15) is 9.59 Å². The summed E-state index contributed by atoms with van der Waals surface area (Å²) in [7, 11) is 3.17. The van der Waals surface area contributed by atoms with Crippen LogP contribution in [-0.2, 0) is 9.53 Å². The van der Waals surface area contributed by atoms with Gasteiger partial charge >= 0.3 is 6.09 Å². The van der Waals surface area contributed by atoms with Gasteiger partial charge in [-0.25, -0.2) is 4.79 Å². The molecule has 120 valence electrons. The number of halogens is 2. The molecule has 0 saturated carbocycles. The Morgan fingerprint density at radius 3 is 2.50 bits per heavy atom. The van der Waals surface area contributed by atoms with Crippen LogP contribution in [0, 0.1) is 6.92 Å². The van der Waals surface area contributed by atoms with E-state index < -0.39 is 18.1 Å². The third-order valence-corrected chi connectivity index (χ3v) is 4.42. The van der Waals surface area contributed by atoms with Gasteiger partial charge in [-0.1, -0.05) is 23.2 Å². The van der Waals surface area contributed by atoms with E-state index in [-0.39, 0.29) is 11.9 Å². The molecule has 0 radical (unpaired) electrons. The topological polar surface area (TPSA) is 58.6 Å². The second-order valence-electron chi connectivity index (χ2n) is 5.64. The Bertz CT molecular complexity index is 619. The van der Waals surface area contributed by atoms with Gasteiger partial charge in [-0.05, 0) is 37.1 Å². The number of nitrogens with zero attached hydrogens (tertiary/aromatic N) is 1. The minimum Gasteiger partial charge on any atom is -0.443 e. The van der Waals surface area contributed by atoms with E-state index >= 15 is 0 Å². The molecule has 1 N–H and O–H groups in total. The van der Waals surface area contributed by atoms with Crippen molar-refractivity contribution in [3.63, 3.8) is 0 Å². The van der Waals surface area contributed by atoms with Gasteiger partial charge in [0.2, 0.25) is 5.91 Å². The average molecular weight is 345 g/mol. The second-order valence-corrected chi connectivity index (χ2v) is 6.46. The third kappa shape index (κ3) is 3.15. The first kappa shape index (κ1) is 16.9. The van der Waals surface area contributed by atoms with Crippen molar-refractivity contribution in [3.05, 3.63) is 33.3 Å². The molecule has 7 heteroatoms. The third-order valence-electron chi connectivity index (χ3n) is 3.69. The van der Waals surface area contributed by atoms with Gasteiger partial charge in [0.15, 0.2) is 0 Å². The Balaban J connectivity index is 2.40. The summed E-state index contributed by atoms with van der Waals surface area (Å²) in [5.41, 5.74) is 1.39. The summed E-state index contributed by atoms with van der Waals surface area (Å²) in [5.74, 6) is -0.907. The zero-order valence-electron chi connectivity index (χ0n) is 12.8. The number of benzene rings is 1. The predicted octanol–water partition coefficient (Wildman–Crippen LogP) is 2.97. The monoisotopic (exact) mass is 344 g/mol. The zero-order chi connectivity index (χ0) is 16.6. The van der Waals surface area contributed by atoms with Crippen molar-refractivity contribution in [1.82, 2.24) is 10.2 Å². The minimum atomic E-state index is -0.676. The van der Waals surface area contributed by atoms with Crippen LogP contribution >= 0.6 is 23.2 Å². The number of carbonyl (C=O) groups is 2. The number of hydrogen-bond donors (Lipinski definition) is 1. The van der Waals surface area contributed by atoms with Crippen LogP contribution in [0.15, 0.2) is 12.1 Å². The van der Waals surface area contributed by atoms with Crippen LogP contribution in [0.1, 0.15) is 24.0 Å². The van der Waals surface area contributed by atoms with E-state index in [1.165, 1.54) is 4.90 Å². The van der Waals surface area contributed by atoms with E-state index in [0.29, 0.717) is 15.6 Å². The van der Waals surface area contributed by atoms with E-state index in [4.69, 9.17) is 27.9 Å². The quantitative estimate of drug-likeness (QED) is 0.897. The molecule has 1 heterocycles. The normalized spacial score (nSPS) is 24.1. The van der Waals surface area contributed by atoms with Crippen LogP contribution in [0.2, 0.25) is 10.0 Å². The lowest BCUT2D eigenvalue weighted by Gasteiger charge is -2.23. The lowest BCUT2D eigenvalue weighted by molar-refractivity contribution is -0.121. The number of carbonyl (C=O) groups excluding carboxylic acids is 2. The van der Waals surface area contributed by atoms with Crippen LogP contribution in [0.25, 0.3) is 0 Å². The van der Waals surface area contributed by atoms with Gasteiger partial charge in [-0.2, -0.15) is 0 Å². The molecule has 0 aromatic heterocycles. The first-order chi connectivity index (χ1) is 10.2. The number of rotatable bonds is 2. The van der Waals surface area contributed by atoms with Crippen molar-refractivity contribution in [2.45, 2.75) is 31.9 Å². The maximum Gasteiger partial charge on any atom is 0.409 e. The molecule has 2 rings (SSSR count). The number of amides is 2. The Hall–Kier alpha value is -1.46. The summed E-state index contributed by atoms with van der Waals surface area (Å²) in [5, 5.41) is 3.74. The van der Waals surface area contributed by atoms with Gasteiger partial charge in [0.05, 0.1) is 6.04 Å². The Morgan fingerprint density at radius 2 is 1.91 bits per heavy atom. The van der Waals surface area contributed by atoms with Crippen molar-refractivity contribution >= 4 is 35.2 Å². The van der Waals surface area contributed by atoms with Crippen LogP contribution in [0.3, 0.4) is 0 Å². The predicted molar refractivity (Wildman–Crippen MR) is 85.5 cm³/mol. The maximum absolute atomic E-state index is 12.3. The Morgan fingerprint density at radius 1 is 1.27 bits per heavy atom. The Labute approximate surface area is 139 Å². The van der Waals surface area contributed by atoms with Crippen LogP contribution < -0.4 is 5.32 Å². The van der Waals surface area contributed by atoms with Gasteiger partial charge in [0, 0.05) is 24.1 Å². The first-order valence-electron chi connectivity index (χ1n) is 6.86. The van der Waals surface area contributed by atoms with Crippen LogP contribution in [0.5, 0.6) is 0 Å². The molecule has 1 aromatic rings. The second kappa shape index (κ2) is 6.34. The van der Waals surface area contributed by atoms with E-state index in [1.807, 2.05) is 6.92 Å². The molecule has 0 aliphatic carbocycles. The van der Waals surface area contributed by atoms with E-state index in [1.54, 1.807) is 33.2 Å². The van der Waals surface area contributed by atoms with Gasteiger partial charge in [0.1, 0.15) is 12.0 Å². The highest BCUT2D eigenvalue weighted by Gasteiger charge is 2.44. The maximum atomic E-state index is 12.3. The standard InChI is InChI=1S/C15H18Cl2N2O3/c1-7-5-11(17)9(6-10(7)16)12-13(8(2)18-14(12)20)22-15(21)19(3)4/h5-6,8,12-13H,1-4H3,(H,18,20). The van der Waals surface area contributed by atoms with Crippen molar-refractivity contribution in [2.24, 2.45) is 0 Å². The molecule has 1 aliphatic rings. The molecule has 0 bridgehead atoms. The summed E-state index contributed by atoms with van der Waals surface area (Å²) in [6, 6.07) is 3.07. The SMILES string of the molecule is Cc1cc(Cl)c(C2C(=O)NC(C)C2OC(=O)N(C)C)cc1Cl. The molecule has 1 aliphatic heterocycles. The summed E-state index contributed by atoms with van der Waals surface area (Å²) in [6.07, 6.45) is -1.15. The van der Waals surface area contributed by atoms with E-state index in [2.05, 4.69) is 5.32 Å². The fraction of sp³-hybridized carbons (Fsp3) is 0.467. The number of aryl methyl sites for hydroxylation is 1. The zero-order valence-corrected chi connectivity index (χ0v) is 14.3. The molecule has 1 aromatic carbocycles. The number of nitrogens with one attached hydrogen (secondary N) is 1. The minimum absolute atomic E-state index is 0.231. The molecule has 22 heavy (non-hydrogen) atoms. The van der Waals surface area contributed by atoms with Gasteiger partial charge < -0.3 is 15.0 Å². The Kier molecular flexibility index (Phi) is 4.87. The molecule has 5 nitrogen and oxygen atoms in total. The molecule has 0 spiro atoms. The van der Waals surface area contributed by atoms with Gasteiger partial charge in [-0.3, -0.25) is 4.79 Å². The van der Waals surface area contributed by atoms with Crippen LogP contribution in [-0.4, -0.2) is 43.1 Å². The van der Waals surface area contributed by atoms with Crippen LogP contribution in [0.4, 0.5) is 4.79 Å². The highest BCUT2D eigenvalue weighted by Crippen LogP contribution is 2.37. The molecule has 3 unspecified atom stereocenters. The van der Waals surface area contributed by atoms with Gasteiger partial charge in [0.25, 0.3) is 0 Å². The molecule has 2 amide bonds. The molecular weight excluding hydrogens is 327 g/mol. The molecular formula is C15H18Cl2N2O3. The summed E-state index contributed by atoms with van der Waals surface area (Å²) in [4.78, 5) is 25.4. The summed E-state index contributed by atoms with van der Waals surface area (Å²) in [6.45, 7) is 3.62. The lowest BCUT2D eigenvalue weighted by Crippen LogP contribution is -2.36. The molecule has 1 saturated heterocycles. The summed E-state index contributed by atoms with van der Waals surface area (Å²) >= 11 is 12.4. The lowest BCUT2D eigenvalue weighted by atomic mass is 9.92. The number of ether oxygens (including phenoxy) is 1. The highest BCUT2D eigenvalue weighted by molar-refractivity contribution is 6.34. The van der Waals surface area contributed by atoms with Gasteiger partial charge in [-0.15, -0.1) is 0 Å². The van der Waals surface area contributed by atoms with Crippen molar-refractivity contribution < 1.29 is 14.3 Å². The van der Waals surface area contributed by atoms with Crippen molar-refractivity contribution in [1.29, 1.82) is 0 Å². The highest BCUT2D eigenvalue weighted by atomic mass is 35.5. The smallest absolute Gasteiger partial charge is 0.409 e. The van der Waals surface area contributed by atoms with Crippen molar-refractivity contribution in [2.75, 3.05) is 14.1 Å². The van der Waals surface area contributed by atoms with Crippen molar-refractivity contribution in [3.8, 4) is 0 Å².